The van der Waals surface area contributed by atoms with Gasteiger partial charge in [0.05, 0.1) is 5.02 Å². The molecule has 0 saturated heterocycles. The average molecular weight is 291 g/mol. The number of halogens is 3. The number of anilines is 1. The topological polar surface area (TPSA) is 24.9 Å². The Labute approximate surface area is 117 Å². The van der Waals surface area contributed by atoms with E-state index in [9.17, 15) is 4.39 Å². The zero-order valence-corrected chi connectivity index (χ0v) is 11.6. The molecular weight excluding hydrogens is 274 g/mol. The van der Waals surface area contributed by atoms with Crippen molar-refractivity contribution in [3.8, 4) is 0 Å². The molecule has 1 aromatic rings. The molecule has 2 unspecified atom stereocenters. The molecule has 1 N–H and O–H groups in total. The van der Waals surface area contributed by atoms with Crippen molar-refractivity contribution in [2.75, 3.05) is 17.7 Å². The molecule has 2 rings (SSSR count). The molecule has 1 aromatic heterocycles. The van der Waals surface area contributed by atoms with Gasteiger partial charge < -0.3 is 5.32 Å². The summed E-state index contributed by atoms with van der Waals surface area (Å²) >= 11 is 11.6. The monoisotopic (exact) mass is 290 g/mol. The highest BCUT2D eigenvalue weighted by Gasteiger charge is 2.24. The van der Waals surface area contributed by atoms with Crippen LogP contribution < -0.4 is 5.32 Å². The molecule has 1 aliphatic carbocycles. The summed E-state index contributed by atoms with van der Waals surface area (Å²) in [6, 6.07) is 1.27. The Hall–Kier alpha value is -0.540. The van der Waals surface area contributed by atoms with Gasteiger partial charge in [-0.1, -0.05) is 24.4 Å². The number of hydrogen-bond donors (Lipinski definition) is 1. The molecular formula is C13H17Cl2FN2. The molecule has 2 atom stereocenters. The van der Waals surface area contributed by atoms with Gasteiger partial charge in [-0.25, -0.2) is 9.37 Å². The quantitative estimate of drug-likeness (QED) is 0.835. The number of nitrogens with zero attached hydrogens (tertiary/aromatic N) is 1. The SMILES string of the molecule is Fc1cc(Cl)cnc1NCC1CCCCC1CCl. The molecule has 2 nitrogen and oxygen atoms in total. The highest BCUT2D eigenvalue weighted by molar-refractivity contribution is 6.30. The normalized spacial score (nSPS) is 23.9. The van der Waals surface area contributed by atoms with Gasteiger partial charge in [0.2, 0.25) is 0 Å². The number of alkyl halides is 1. The van der Waals surface area contributed by atoms with Crippen LogP contribution in [-0.2, 0) is 0 Å². The molecule has 1 fully saturated rings. The predicted octanol–water partition coefficient (Wildman–Crippen LogP) is 4.33. The van der Waals surface area contributed by atoms with E-state index in [0.717, 1.165) is 13.0 Å². The summed E-state index contributed by atoms with van der Waals surface area (Å²) in [5.41, 5.74) is 0. The number of rotatable bonds is 4. The zero-order valence-electron chi connectivity index (χ0n) is 10.1. The van der Waals surface area contributed by atoms with Crippen LogP contribution in [0.5, 0.6) is 0 Å². The second kappa shape index (κ2) is 6.58. The molecule has 0 amide bonds. The molecule has 0 aromatic carbocycles. The van der Waals surface area contributed by atoms with E-state index in [1.807, 2.05) is 0 Å². The van der Waals surface area contributed by atoms with E-state index in [1.54, 1.807) is 0 Å². The first-order chi connectivity index (χ1) is 8.70. The van der Waals surface area contributed by atoms with Crippen LogP contribution in [0.15, 0.2) is 12.3 Å². The lowest BCUT2D eigenvalue weighted by Crippen LogP contribution is -2.27. The van der Waals surface area contributed by atoms with E-state index in [4.69, 9.17) is 23.2 Å². The van der Waals surface area contributed by atoms with Gasteiger partial charge >= 0.3 is 0 Å². The smallest absolute Gasteiger partial charge is 0.166 e. The summed E-state index contributed by atoms with van der Waals surface area (Å²) < 4.78 is 13.5. The van der Waals surface area contributed by atoms with Crippen molar-refractivity contribution in [2.45, 2.75) is 25.7 Å². The van der Waals surface area contributed by atoms with E-state index in [0.29, 0.717) is 22.7 Å². The fourth-order valence-corrected chi connectivity index (χ4v) is 3.08. The number of pyridine rings is 1. The third-order valence-electron chi connectivity index (χ3n) is 3.60. The van der Waals surface area contributed by atoms with Crippen molar-refractivity contribution in [3.05, 3.63) is 23.1 Å². The van der Waals surface area contributed by atoms with Gasteiger partial charge in [0.1, 0.15) is 0 Å². The third kappa shape index (κ3) is 3.48. The van der Waals surface area contributed by atoms with Crippen molar-refractivity contribution in [1.82, 2.24) is 4.98 Å². The Balaban J connectivity index is 1.93. The lowest BCUT2D eigenvalue weighted by atomic mass is 9.80. The van der Waals surface area contributed by atoms with Crippen molar-refractivity contribution in [2.24, 2.45) is 11.8 Å². The first-order valence-electron chi connectivity index (χ1n) is 6.31. The zero-order chi connectivity index (χ0) is 13.0. The van der Waals surface area contributed by atoms with Gasteiger partial charge in [0, 0.05) is 18.6 Å². The van der Waals surface area contributed by atoms with E-state index >= 15 is 0 Å². The summed E-state index contributed by atoms with van der Waals surface area (Å²) in [5.74, 6) is 1.60. The highest BCUT2D eigenvalue weighted by Crippen LogP contribution is 2.31. The fourth-order valence-electron chi connectivity index (χ4n) is 2.53. The maximum Gasteiger partial charge on any atom is 0.166 e. The van der Waals surface area contributed by atoms with Crippen LogP contribution in [-0.4, -0.2) is 17.4 Å². The second-order valence-electron chi connectivity index (χ2n) is 4.82. The molecule has 0 spiro atoms. The second-order valence-corrected chi connectivity index (χ2v) is 5.57. The average Bonchev–Trinajstić information content (AvgIpc) is 2.38. The van der Waals surface area contributed by atoms with Crippen LogP contribution in [0.25, 0.3) is 0 Å². The summed E-state index contributed by atoms with van der Waals surface area (Å²) in [4.78, 5) is 3.96. The number of hydrogen-bond acceptors (Lipinski definition) is 2. The molecule has 1 saturated carbocycles. The lowest BCUT2D eigenvalue weighted by molar-refractivity contribution is 0.271. The minimum Gasteiger partial charge on any atom is -0.367 e. The van der Waals surface area contributed by atoms with Crippen LogP contribution in [0.4, 0.5) is 10.2 Å². The van der Waals surface area contributed by atoms with Gasteiger partial charge in [0.25, 0.3) is 0 Å². The van der Waals surface area contributed by atoms with Crippen molar-refractivity contribution < 1.29 is 4.39 Å². The van der Waals surface area contributed by atoms with Crippen LogP contribution in [0.1, 0.15) is 25.7 Å². The maximum atomic E-state index is 13.5. The Kier molecular flexibility index (Phi) is 5.07. The first kappa shape index (κ1) is 13.9. The van der Waals surface area contributed by atoms with Crippen LogP contribution >= 0.6 is 23.2 Å². The Morgan fingerprint density at radius 1 is 1.33 bits per heavy atom. The van der Waals surface area contributed by atoms with Crippen molar-refractivity contribution >= 4 is 29.0 Å². The van der Waals surface area contributed by atoms with Crippen molar-refractivity contribution in [3.63, 3.8) is 0 Å². The van der Waals surface area contributed by atoms with Gasteiger partial charge in [-0.3, -0.25) is 0 Å². The van der Waals surface area contributed by atoms with Crippen LogP contribution in [0.2, 0.25) is 5.02 Å². The van der Waals surface area contributed by atoms with E-state index in [-0.39, 0.29) is 5.82 Å². The van der Waals surface area contributed by atoms with Gasteiger partial charge in [-0.2, -0.15) is 0 Å². The maximum absolute atomic E-state index is 13.5. The van der Waals surface area contributed by atoms with E-state index in [1.165, 1.54) is 31.5 Å². The lowest BCUT2D eigenvalue weighted by Gasteiger charge is -2.30. The summed E-state index contributed by atoms with van der Waals surface area (Å²) in [5, 5.41) is 3.38. The highest BCUT2D eigenvalue weighted by atomic mass is 35.5. The predicted molar refractivity (Wildman–Crippen MR) is 73.9 cm³/mol. The minimum atomic E-state index is -0.402. The van der Waals surface area contributed by atoms with Gasteiger partial charge in [-0.05, 0) is 30.7 Å². The summed E-state index contributed by atoms with van der Waals surface area (Å²) in [7, 11) is 0. The largest absolute Gasteiger partial charge is 0.367 e. The molecule has 1 aliphatic rings. The number of nitrogens with one attached hydrogen (secondary N) is 1. The van der Waals surface area contributed by atoms with Crippen LogP contribution in [0.3, 0.4) is 0 Å². The van der Waals surface area contributed by atoms with Crippen molar-refractivity contribution in [1.29, 1.82) is 0 Å². The van der Waals surface area contributed by atoms with Gasteiger partial charge in [-0.15, -0.1) is 11.6 Å². The number of aromatic nitrogens is 1. The standard InChI is InChI=1S/C13H17Cl2FN2/c14-6-9-3-1-2-4-10(9)7-17-13-12(16)5-11(15)8-18-13/h5,8-10H,1-4,6-7H2,(H,17,18). The summed E-state index contributed by atoms with van der Waals surface area (Å²) in [6.07, 6.45) is 6.26. The first-order valence-corrected chi connectivity index (χ1v) is 7.23. The third-order valence-corrected chi connectivity index (χ3v) is 4.21. The molecule has 1 heterocycles. The molecule has 5 heteroatoms. The van der Waals surface area contributed by atoms with Crippen LogP contribution in [0, 0.1) is 17.7 Å². The van der Waals surface area contributed by atoms with E-state index < -0.39 is 5.82 Å². The van der Waals surface area contributed by atoms with Gasteiger partial charge in [0.15, 0.2) is 11.6 Å². The molecule has 100 valence electrons. The molecule has 0 radical (unpaired) electrons. The Morgan fingerprint density at radius 2 is 2.06 bits per heavy atom. The molecule has 0 aliphatic heterocycles. The fraction of sp³-hybridized carbons (Fsp3) is 0.615. The minimum absolute atomic E-state index is 0.276. The molecule has 0 bridgehead atoms. The summed E-state index contributed by atoms with van der Waals surface area (Å²) in [6.45, 7) is 0.725. The Morgan fingerprint density at radius 3 is 2.72 bits per heavy atom. The molecule has 18 heavy (non-hydrogen) atoms. The Bertz CT molecular complexity index is 401. The van der Waals surface area contributed by atoms with E-state index in [2.05, 4.69) is 10.3 Å².